The Kier molecular flexibility index (Phi) is 13.7. The van der Waals surface area contributed by atoms with Crippen molar-refractivity contribution in [3.8, 4) is 6.07 Å². The number of benzene rings is 3. The Morgan fingerprint density at radius 2 is 1.71 bits per heavy atom. The van der Waals surface area contributed by atoms with Gasteiger partial charge in [0.15, 0.2) is 0 Å². The third-order valence-corrected chi connectivity index (χ3v) is 11.0. The van der Waals surface area contributed by atoms with Crippen LogP contribution in [0.5, 0.6) is 0 Å². The third kappa shape index (κ3) is 10.2. The molecule has 3 amide bonds. The first-order valence-electron chi connectivity index (χ1n) is 17.2. The van der Waals surface area contributed by atoms with E-state index < -0.39 is 34.1 Å². The van der Waals surface area contributed by atoms with Crippen molar-refractivity contribution in [3.63, 3.8) is 0 Å². The highest BCUT2D eigenvalue weighted by atomic mass is 32.2. The second-order valence-corrected chi connectivity index (χ2v) is 15.4. The molecule has 272 valence electrons. The molecule has 0 unspecified atom stereocenters. The fourth-order valence-corrected chi connectivity index (χ4v) is 7.89. The molecule has 0 saturated carbocycles. The maximum absolute atomic E-state index is 14.3. The predicted molar refractivity (Wildman–Crippen MR) is 194 cm³/mol. The minimum atomic E-state index is -4.07. The quantitative estimate of drug-likeness (QED) is 0.105. The zero-order valence-corrected chi connectivity index (χ0v) is 30.4. The van der Waals surface area contributed by atoms with E-state index in [2.05, 4.69) is 16.5 Å². The maximum Gasteiger partial charge on any atom is 0.321 e. The van der Waals surface area contributed by atoms with Gasteiger partial charge in [-0.15, -0.1) is 0 Å². The van der Waals surface area contributed by atoms with Gasteiger partial charge in [-0.1, -0.05) is 93.9 Å². The molecule has 1 saturated heterocycles. The number of aliphatic hydroxyl groups is 1. The highest BCUT2D eigenvalue weighted by Crippen LogP contribution is 2.24. The molecule has 13 heteroatoms. The van der Waals surface area contributed by atoms with Gasteiger partial charge in [0.1, 0.15) is 6.04 Å². The Balaban J connectivity index is 1.59. The Hall–Kier alpha value is -4.77. The SMILES string of the molecule is CC[C@H](C)[C@@H](C(=O)N[C@@H](Cc1ccccc1)[C@@H](O)CN(CC(C)C)S(=O)(=O)c1ccc(C=NO)cc1)N1CCN(Cc2cccc(C#N)c2)C1=O. The molecule has 0 aliphatic carbocycles. The molecule has 1 aliphatic rings. The predicted octanol–water partition coefficient (Wildman–Crippen LogP) is 4.45. The van der Waals surface area contributed by atoms with Crippen LogP contribution in [0.25, 0.3) is 0 Å². The molecular weight excluding hydrogens is 669 g/mol. The summed E-state index contributed by atoms with van der Waals surface area (Å²) in [5, 5.41) is 36.0. The van der Waals surface area contributed by atoms with Gasteiger partial charge in [-0.3, -0.25) is 4.79 Å². The molecule has 1 aliphatic heterocycles. The minimum Gasteiger partial charge on any atom is -0.411 e. The lowest BCUT2D eigenvalue weighted by Crippen LogP contribution is -2.57. The molecule has 51 heavy (non-hydrogen) atoms. The van der Waals surface area contributed by atoms with Crippen molar-refractivity contribution in [3.05, 3.63) is 101 Å². The first-order valence-corrected chi connectivity index (χ1v) is 18.7. The van der Waals surface area contributed by atoms with E-state index in [1.165, 1.54) is 34.8 Å². The number of aliphatic hydroxyl groups excluding tert-OH is 1. The highest BCUT2D eigenvalue weighted by molar-refractivity contribution is 7.89. The van der Waals surface area contributed by atoms with Crippen LogP contribution in [0.15, 0.2) is 88.9 Å². The number of hydrogen-bond acceptors (Lipinski definition) is 8. The number of urea groups is 1. The average molecular weight is 717 g/mol. The van der Waals surface area contributed by atoms with Crippen molar-refractivity contribution >= 4 is 28.2 Å². The molecule has 1 heterocycles. The van der Waals surface area contributed by atoms with Crippen molar-refractivity contribution in [1.29, 1.82) is 5.26 Å². The first kappa shape index (κ1) is 39.0. The van der Waals surface area contributed by atoms with E-state index in [0.717, 1.165) is 11.1 Å². The van der Waals surface area contributed by atoms with Crippen molar-refractivity contribution in [1.82, 2.24) is 19.4 Å². The molecule has 3 aromatic carbocycles. The zero-order valence-electron chi connectivity index (χ0n) is 29.6. The summed E-state index contributed by atoms with van der Waals surface area (Å²) in [5.74, 6) is -0.719. The molecular formula is C38H48N6O6S. The number of nitriles is 1. The number of hydrogen-bond donors (Lipinski definition) is 3. The Bertz CT molecular complexity index is 1800. The van der Waals surface area contributed by atoms with E-state index in [9.17, 15) is 28.4 Å². The summed E-state index contributed by atoms with van der Waals surface area (Å²) >= 11 is 0. The molecule has 0 bridgehead atoms. The summed E-state index contributed by atoms with van der Waals surface area (Å²) in [6, 6.07) is 22.4. The van der Waals surface area contributed by atoms with E-state index in [1.807, 2.05) is 64.1 Å². The molecule has 3 aromatic rings. The number of nitrogens with zero attached hydrogens (tertiary/aromatic N) is 5. The third-order valence-electron chi connectivity index (χ3n) is 9.12. The second-order valence-electron chi connectivity index (χ2n) is 13.4. The van der Waals surface area contributed by atoms with Gasteiger partial charge in [-0.25, -0.2) is 13.2 Å². The van der Waals surface area contributed by atoms with Gasteiger partial charge in [0, 0.05) is 32.7 Å². The summed E-state index contributed by atoms with van der Waals surface area (Å²) in [7, 11) is -4.07. The summed E-state index contributed by atoms with van der Waals surface area (Å²) in [6.07, 6.45) is 0.721. The van der Waals surface area contributed by atoms with Crippen LogP contribution in [0, 0.1) is 23.2 Å². The highest BCUT2D eigenvalue weighted by Gasteiger charge is 2.41. The molecule has 4 atom stereocenters. The van der Waals surface area contributed by atoms with Crippen LogP contribution < -0.4 is 5.32 Å². The fraction of sp³-hybridized carbons (Fsp3) is 0.421. The standard InChI is InChI=1S/C38H48N6O6S/c1-5-28(4)36(44-19-18-42(38(44)47)25-32-13-9-12-31(20-32)22-39)37(46)41-34(21-29-10-7-6-8-11-29)35(45)26-43(24-27(2)3)51(49,50)33-16-14-30(15-17-33)23-40-48/h6-17,20,23,27-28,34-36,45,48H,5,18-19,21,24-26H2,1-4H3,(H,41,46)/t28-,34-,35-,36-/m0/s1. The van der Waals surface area contributed by atoms with Gasteiger partial charge >= 0.3 is 6.03 Å². The van der Waals surface area contributed by atoms with Crippen molar-refractivity contribution in [2.75, 3.05) is 26.2 Å². The number of rotatable bonds is 17. The van der Waals surface area contributed by atoms with Crippen LogP contribution in [0.4, 0.5) is 4.79 Å². The van der Waals surface area contributed by atoms with Gasteiger partial charge in [-0.2, -0.15) is 9.57 Å². The summed E-state index contributed by atoms with van der Waals surface area (Å²) in [4.78, 5) is 31.3. The number of carbonyl (C=O) groups excluding carboxylic acids is 2. The molecule has 4 rings (SSSR count). The first-order chi connectivity index (χ1) is 24.4. The summed E-state index contributed by atoms with van der Waals surface area (Å²) < 4.78 is 29.0. The molecule has 0 spiro atoms. The lowest BCUT2D eigenvalue weighted by Gasteiger charge is -2.35. The largest absolute Gasteiger partial charge is 0.411 e. The molecule has 1 fully saturated rings. The van der Waals surface area contributed by atoms with E-state index in [1.54, 1.807) is 28.0 Å². The lowest BCUT2D eigenvalue weighted by molar-refractivity contribution is -0.128. The van der Waals surface area contributed by atoms with Gasteiger partial charge in [-0.05, 0) is 59.2 Å². The number of amides is 3. The smallest absolute Gasteiger partial charge is 0.321 e. The topological polar surface area (TPSA) is 167 Å². The van der Waals surface area contributed by atoms with Gasteiger partial charge in [0.25, 0.3) is 0 Å². The number of sulfonamides is 1. The Labute approximate surface area is 301 Å². The van der Waals surface area contributed by atoms with E-state index in [4.69, 9.17) is 5.21 Å². The summed E-state index contributed by atoms with van der Waals surface area (Å²) in [6.45, 7) is 8.49. The summed E-state index contributed by atoms with van der Waals surface area (Å²) in [5.41, 5.74) is 2.67. The van der Waals surface area contributed by atoms with E-state index >= 15 is 0 Å². The zero-order chi connectivity index (χ0) is 37.1. The van der Waals surface area contributed by atoms with Crippen molar-refractivity contribution in [2.45, 2.75) is 70.2 Å². The second kappa shape index (κ2) is 17.9. The Morgan fingerprint density at radius 3 is 2.33 bits per heavy atom. The van der Waals surface area contributed by atoms with Crippen LogP contribution in [0.3, 0.4) is 0 Å². The van der Waals surface area contributed by atoms with Crippen LogP contribution in [0.2, 0.25) is 0 Å². The Morgan fingerprint density at radius 1 is 1.02 bits per heavy atom. The number of oxime groups is 1. The van der Waals surface area contributed by atoms with Gasteiger partial charge < -0.3 is 25.4 Å². The molecule has 0 aromatic heterocycles. The fourth-order valence-electron chi connectivity index (χ4n) is 6.27. The van der Waals surface area contributed by atoms with Crippen LogP contribution >= 0.6 is 0 Å². The normalized spacial score (nSPS) is 16.0. The van der Waals surface area contributed by atoms with E-state index in [0.29, 0.717) is 37.2 Å². The monoisotopic (exact) mass is 716 g/mol. The van der Waals surface area contributed by atoms with Crippen LogP contribution in [-0.4, -0.2) is 95.4 Å². The van der Waals surface area contributed by atoms with Crippen molar-refractivity contribution < 1.29 is 28.3 Å². The molecule has 3 N–H and O–H groups in total. The maximum atomic E-state index is 14.3. The molecule has 0 radical (unpaired) electrons. The van der Waals surface area contributed by atoms with Gasteiger partial charge in [0.2, 0.25) is 15.9 Å². The lowest BCUT2D eigenvalue weighted by atomic mass is 9.95. The number of nitrogens with one attached hydrogen (secondary N) is 1. The van der Waals surface area contributed by atoms with Crippen molar-refractivity contribution in [2.24, 2.45) is 17.0 Å². The molecule has 12 nitrogen and oxygen atoms in total. The minimum absolute atomic E-state index is 0.0161. The average Bonchev–Trinajstić information content (AvgIpc) is 3.46. The number of carbonyl (C=O) groups is 2. The van der Waals surface area contributed by atoms with Crippen LogP contribution in [0.1, 0.15) is 56.4 Å². The van der Waals surface area contributed by atoms with Crippen LogP contribution in [-0.2, 0) is 27.8 Å². The van der Waals surface area contributed by atoms with E-state index in [-0.39, 0.29) is 42.3 Å². The van der Waals surface area contributed by atoms with Gasteiger partial charge in [0.05, 0.1) is 34.9 Å².